The van der Waals surface area contributed by atoms with Crippen LogP contribution in [0, 0.1) is 5.82 Å². The molecule has 0 spiro atoms. The van der Waals surface area contributed by atoms with Gasteiger partial charge in [-0.05, 0) is 24.6 Å². The van der Waals surface area contributed by atoms with E-state index in [0.717, 1.165) is 30.9 Å². The summed E-state index contributed by atoms with van der Waals surface area (Å²) in [6.07, 6.45) is 3.27. The van der Waals surface area contributed by atoms with E-state index in [0.29, 0.717) is 6.42 Å². The van der Waals surface area contributed by atoms with Gasteiger partial charge in [-0.15, -0.1) is 0 Å². The third kappa shape index (κ3) is 3.63. The summed E-state index contributed by atoms with van der Waals surface area (Å²) in [5.74, 6) is 0.778. The molecule has 0 saturated carbocycles. The monoisotopic (exact) mass is 276 g/mol. The van der Waals surface area contributed by atoms with Crippen LogP contribution in [0.5, 0.6) is 0 Å². The number of hydrogen-bond donors (Lipinski definition) is 1. The van der Waals surface area contributed by atoms with Crippen molar-refractivity contribution in [1.29, 1.82) is 0 Å². The predicted molar refractivity (Wildman–Crippen MR) is 77.0 cm³/mol. The number of rotatable bonds is 7. The predicted octanol–water partition coefficient (Wildman–Crippen LogP) is 2.28. The maximum absolute atomic E-state index is 14.0. The molecule has 1 aromatic carbocycles. The van der Waals surface area contributed by atoms with E-state index < -0.39 is 0 Å². The number of hydrogen-bond acceptors (Lipinski definition) is 3. The molecule has 0 aliphatic heterocycles. The molecule has 0 aliphatic rings. The highest BCUT2D eigenvalue weighted by atomic mass is 19.1. The molecule has 2 aromatic rings. The van der Waals surface area contributed by atoms with E-state index in [-0.39, 0.29) is 11.7 Å². The Labute approximate surface area is 119 Å². The lowest BCUT2D eigenvalue weighted by atomic mass is 9.94. The third-order valence-corrected chi connectivity index (χ3v) is 3.40. The molecule has 20 heavy (non-hydrogen) atoms. The van der Waals surface area contributed by atoms with Gasteiger partial charge in [0.25, 0.3) is 0 Å². The van der Waals surface area contributed by atoms with Crippen LogP contribution in [-0.4, -0.2) is 27.9 Å². The maximum Gasteiger partial charge on any atom is 0.138 e. The molecule has 0 fully saturated rings. The summed E-state index contributed by atoms with van der Waals surface area (Å²) < 4.78 is 15.8. The van der Waals surface area contributed by atoms with Crippen molar-refractivity contribution >= 4 is 0 Å². The van der Waals surface area contributed by atoms with Crippen molar-refractivity contribution in [3.63, 3.8) is 0 Å². The van der Waals surface area contributed by atoms with Gasteiger partial charge in [0.05, 0.1) is 0 Å². The second-order valence-electron chi connectivity index (χ2n) is 4.93. The summed E-state index contributed by atoms with van der Waals surface area (Å²) in [4.78, 5) is 4.24. The molecule has 2 rings (SSSR count). The number of nitrogens with one attached hydrogen (secondary N) is 1. The minimum atomic E-state index is -0.155. The molecule has 1 unspecified atom stereocenters. The van der Waals surface area contributed by atoms with Gasteiger partial charge in [-0.2, -0.15) is 5.10 Å². The molecule has 1 N–H and O–H groups in total. The zero-order chi connectivity index (χ0) is 14.4. The summed E-state index contributed by atoms with van der Waals surface area (Å²) >= 11 is 0. The molecule has 5 heteroatoms. The second-order valence-corrected chi connectivity index (χ2v) is 4.93. The van der Waals surface area contributed by atoms with Crippen LogP contribution in [-0.2, 0) is 13.5 Å². The quantitative estimate of drug-likeness (QED) is 0.789. The molecule has 0 aliphatic carbocycles. The van der Waals surface area contributed by atoms with Crippen molar-refractivity contribution in [3.8, 4) is 0 Å². The molecule has 0 saturated heterocycles. The summed E-state index contributed by atoms with van der Waals surface area (Å²) in [6, 6.07) is 6.96. The van der Waals surface area contributed by atoms with Crippen molar-refractivity contribution in [2.24, 2.45) is 7.05 Å². The van der Waals surface area contributed by atoms with Gasteiger partial charge in [0, 0.05) is 25.9 Å². The Bertz CT molecular complexity index is 538. The minimum Gasteiger partial charge on any atom is -0.316 e. The standard InChI is InChI=1S/C15H21FN4/c1-3-8-17-10-12(9-15-18-11-19-20(15)2)13-6-4-5-7-14(13)16/h4-7,11-12,17H,3,8-10H2,1-2H3. The highest BCUT2D eigenvalue weighted by molar-refractivity contribution is 5.23. The smallest absolute Gasteiger partial charge is 0.138 e. The van der Waals surface area contributed by atoms with Crippen LogP contribution in [0.25, 0.3) is 0 Å². The summed E-state index contributed by atoms with van der Waals surface area (Å²) in [6.45, 7) is 3.79. The average molecular weight is 276 g/mol. The van der Waals surface area contributed by atoms with Crippen LogP contribution in [0.4, 0.5) is 4.39 Å². The molecular formula is C15H21FN4. The third-order valence-electron chi connectivity index (χ3n) is 3.40. The van der Waals surface area contributed by atoms with E-state index in [4.69, 9.17) is 0 Å². The van der Waals surface area contributed by atoms with E-state index in [2.05, 4.69) is 22.3 Å². The fraction of sp³-hybridized carbons (Fsp3) is 0.467. The van der Waals surface area contributed by atoms with Gasteiger partial charge in [-0.25, -0.2) is 9.37 Å². The fourth-order valence-electron chi connectivity index (χ4n) is 2.28. The molecule has 0 bridgehead atoms. The molecule has 1 atom stereocenters. The van der Waals surface area contributed by atoms with Crippen LogP contribution < -0.4 is 5.32 Å². The zero-order valence-corrected chi connectivity index (χ0v) is 12.0. The van der Waals surface area contributed by atoms with Crippen molar-refractivity contribution in [2.75, 3.05) is 13.1 Å². The molecule has 1 heterocycles. The first-order valence-electron chi connectivity index (χ1n) is 7.00. The van der Waals surface area contributed by atoms with Gasteiger partial charge in [0.2, 0.25) is 0 Å². The van der Waals surface area contributed by atoms with Gasteiger partial charge in [0.15, 0.2) is 0 Å². The van der Waals surface area contributed by atoms with E-state index in [1.54, 1.807) is 10.7 Å². The first-order valence-corrected chi connectivity index (χ1v) is 7.00. The lowest BCUT2D eigenvalue weighted by molar-refractivity contribution is 0.520. The van der Waals surface area contributed by atoms with Crippen molar-refractivity contribution < 1.29 is 4.39 Å². The Hall–Kier alpha value is -1.75. The van der Waals surface area contributed by atoms with E-state index in [1.165, 1.54) is 12.4 Å². The number of aromatic nitrogens is 3. The fourth-order valence-corrected chi connectivity index (χ4v) is 2.28. The van der Waals surface area contributed by atoms with Gasteiger partial charge in [0.1, 0.15) is 18.0 Å². The summed E-state index contributed by atoms with van der Waals surface area (Å²) in [7, 11) is 1.86. The van der Waals surface area contributed by atoms with Crippen LogP contribution in [0.1, 0.15) is 30.7 Å². The van der Waals surface area contributed by atoms with Crippen LogP contribution >= 0.6 is 0 Å². The Balaban J connectivity index is 2.16. The van der Waals surface area contributed by atoms with Gasteiger partial charge in [-0.3, -0.25) is 4.68 Å². The highest BCUT2D eigenvalue weighted by Gasteiger charge is 2.18. The topological polar surface area (TPSA) is 42.7 Å². The maximum atomic E-state index is 14.0. The van der Waals surface area contributed by atoms with E-state index in [1.807, 2.05) is 19.2 Å². The molecule has 4 nitrogen and oxygen atoms in total. The van der Waals surface area contributed by atoms with Crippen molar-refractivity contribution in [2.45, 2.75) is 25.7 Å². The number of nitrogens with zero attached hydrogens (tertiary/aromatic N) is 3. The first-order chi connectivity index (χ1) is 9.72. The van der Waals surface area contributed by atoms with Gasteiger partial charge >= 0.3 is 0 Å². The number of aryl methyl sites for hydroxylation is 1. The number of benzene rings is 1. The van der Waals surface area contributed by atoms with Crippen molar-refractivity contribution in [1.82, 2.24) is 20.1 Å². The van der Waals surface area contributed by atoms with Crippen LogP contribution in [0.15, 0.2) is 30.6 Å². The highest BCUT2D eigenvalue weighted by Crippen LogP contribution is 2.22. The SMILES string of the molecule is CCCNCC(Cc1ncnn1C)c1ccccc1F. The molecule has 1 aromatic heterocycles. The number of halogens is 1. The lowest BCUT2D eigenvalue weighted by Gasteiger charge is -2.18. The van der Waals surface area contributed by atoms with E-state index >= 15 is 0 Å². The summed E-state index contributed by atoms with van der Waals surface area (Å²) in [5.41, 5.74) is 0.735. The van der Waals surface area contributed by atoms with Gasteiger partial charge in [-0.1, -0.05) is 25.1 Å². The Kier molecular flexibility index (Phi) is 5.24. The van der Waals surface area contributed by atoms with Crippen molar-refractivity contribution in [3.05, 3.63) is 47.8 Å². The second kappa shape index (κ2) is 7.14. The van der Waals surface area contributed by atoms with Crippen LogP contribution in [0.2, 0.25) is 0 Å². The van der Waals surface area contributed by atoms with Crippen LogP contribution in [0.3, 0.4) is 0 Å². The molecular weight excluding hydrogens is 255 g/mol. The Morgan fingerprint density at radius 3 is 2.80 bits per heavy atom. The zero-order valence-electron chi connectivity index (χ0n) is 12.0. The molecule has 0 amide bonds. The molecule has 0 radical (unpaired) electrons. The lowest BCUT2D eigenvalue weighted by Crippen LogP contribution is -2.25. The first kappa shape index (κ1) is 14.7. The van der Waals surface area contributed by atoms with Gasteiger partial charge < -0.3 is 5.32 Å². The Morgan fingerprint density at radius 1 is 1.35 bits per heavy atom. The van der Waals surface area contributed by atoms with E-state index in [9.17, 15) is 4.39 Å². The Morgan fingerprint density at radius 2 is 2.15 bits per heavy atom. The normalized spacial score (nSPS) is 12.6. The average Bonchev–Trinajstić information content (AvgIpc) is 2.84. The largest absolute Gasteiger partial charge is 0.316 e. The minimum absolute atomic E-state index is 0.0608. The molecule has 108 valence electrons. The summed E-state index contributed by atoms with van der Waals surface area (Å²) in [5, 5.41) is 7.44.